The number of carboxylic acid groups (broad SMARTS) is 1. The first-order chi connectivity index (χ1) is 9.20. The number of pyridine rings is 1. The maximum Gasteiger partial charge on any atom is 0.337 e. The molecule has 0 amide bonds. The molecule has 0 atom stereocenters. The molecule has 0 saturated heterocycles. The summed E-state index contributed by atoms with van der Waals surface area (Å²) in [5.74, 6) is -0.120. The molecule has 4 nitrogen and oxygen atoms in total. The van der Waals surface area contributed by atoms with Gasteiger partial charge in [0.15, 0.2) is 0 Å². The van der Waals surface area contributed by atoms with Crippen molar-refractivity contribution in [2.24, 2.45) is 0 Å². The van der Waals surface area contributed by atoms with Crippen molar-refractivity contribution in [3.63, 3.8) is 0 Å². The van der Waals surface area contributed by atoms with E-state index in [0.717, 1.165) is 17.7 Å². The molecule has 1 aromatic heterocycles. The van der Waals surface area contributed by atoms with Gasteiger partial charge in [0.1, 0.15) is 5.75 Å². The molecule has 2 aromatic rings. The molecule has 1 aromatic carbocycles. The first-order valence-electron chi connectivity index (χ1n) is 6.01. The van der Waals surface area contributed by atoms with Gasteiger partial charge in [-0.2, -0.15) is 0 Å². The predicted octanol–water partition coefficient (Wildman–Crippen LogP) is 2.57. The Bertz CT molecular complexity index is 564. The Labute approximate surface area is 111 Å². The third-order valence-electron chi connectivity index (χ3n) is 2.93. The Morgan fingerprint density at radius 3 is 2.58 bits per heavy atom. The maximum atomic E-state index is 11.1. The molecule has 0 unspecified atom stereocenters. The van der Waals surface area contributed by atoms with Gasteiger partial charge >= 0.3 is 5.97 Å². The summed E-state index contributed by atoms with van der Waals surface area (Å²) in [6.07, 6.45) is 2.98. The fraction of sp³-hybridized carbons (Fsp3) is 0.200. The lowest BCUT2D eigenvalue weighted by Gasteiger charge is -2.05. The highest BCUT2D eigenvalue weighted by Gasteiger charge is 2.10. The monoisotopic (exact) mass is 257 g/mol. The van der Waals surface area contributed by atoms with Crippen molar-refractivity contribution in [2.45, 2.75) is 12.8 Å². The van der Waals surface area contributed by atoms with Crippen molar-refractivity contribution in [1.82, 2.24) is 4.98 Å². The average Bonchev–Trinajstić information content (AvgIpc) is 2.46. The van der Waals surface area contributed by atoms with Crippen LogP contribution in [-0.4, -0.2) is 23.2 Å². The number of hydrogen-bond acceptors (Lipinski definition) is 3. The Morgan fingerprint density at radius 2 is 1.95 bits per heavy atom. The van der Waals surface area contributed by atoms with E-state index in [2.05, 4.69) is 4.98 Å². The maximum absolute atomic E-state index is 11.1. The largest absolute Gasteiger partial charge is 0.497 e. The van der Waals surface area contributed by atoms with Crippen LogP contribution in [0.4, 0.5) is 0 Å². The van der Waals surface area contributed by atoms with E-state index in [1.165, 1.54) is 0 Å². The summed E-state index contributed by atoms with van der Waals surface area (Å²) in [7, 11) is 1.63. The number of methoxy groups -OCH3 is 1. The summed E-state index contributed by atoms with van der Waals surface area (Å²) in [6.45, 7) is 0. The molecule has 4 heteroatoms. The minimum Gasteiger partial charge on any atom is -0.497 e. The van der Waals surface area contributed by atoms with Gasteiger partial charge in [0.05, 0.1) is 18.4 Å². The van der Waals surface area contributed by atoms with Crippen LogP contribution in [0.25, 0.3) is 0 Å². The van der Waals surface area contributed by atoms with Crippen molar-refractivity contribution in [3.8, 4) is 5.75 Å². The second kappa shape index (κ2) is 6.00. The Hall–Kier alpha value is -2.36. The highest BCUT2D eigenvalue weighted by molar-refractivity contribution is 5.88. The number of nitrogens with zero attached hydrogens (tertiary/aromatic N) is 1. The molecule has 98 valence electrons. The van der Waals surface area contributed by atoms with E-state index in [4.69, 9.17) is 9.84 Å². The van der Waals surface area contributed by atoms with Crippen LogP contribution in [0.1, 0.15) is 21.6 Å². The van der Waals surface area contributed by atoms with Crippen molar-refractivity contribution < 1.29 is 14.6 Å². The summed E-state index contributed by atoms with van der Waals surface area (Å²) in [4.78, 5) is 15.2. The van der Waals surface area contributed by atoms with E-state index in [9.17, 15) is 4.79 Å². The van der Waals surface area contributed by atoms with Gasteiger partial charge in [-0.15, -0.1) is 0 Å². The van der Waals surface area contributed by atoms with Crippen molar-refractivity contribution >= 4 is 5.97 Å². The zero-order valence-corrected chi connectivity index (χ0v) is 10.7. The van der Waals surface area contributed by atoms with E-state index in [1.54, 1.807) is 25.4 Å². The summed E-state index contributed by atoms with van der Waals surface area (Å²) in [5, 5.41) is 9.07. The summed E-state index contributed by atoms with van der Waals surface area (Å²) < 4.78 is 5.09. The molecule has 2 rings (SSSR count). The van der Waals surface area contributed by atoms with E-state index >= 15 is 0 Å². The molecule has 19 heavy (non-hydrogen) atoms. The van der Waals surface area contributed by atoms with Crippen LogP contribution in [0.5, 0.6) is 5.75 Å². The van der Waals surface area contributed by atoms with E-state index < -0.39 is 5.97 Å². The predicted molar refractivity (Wildman–Crippen MR) is 71.6 cm³/mol. The molecule has 0 aliphatic carbocycles. The summed E-state index contributed by atoms with van der Waals surface area (Å²) in [6, 6.07) is 11.0. The highest BCUT2D eigenvalue weighted by atomic mass is 16.5. The number of carboxylic acids is 1. The molecule has 0 aliphatic heterocycles. The SMILES string of the molecule is COc1ccc(CCc2ncccc2C(=O)O)cc1. The number of aryl methyl sites for hydroxylation is 2. The van der Waals surface area contributed by atoms with Crippen LogP contribution in [0.15, 0.2) is 42.6 Å². The van der Waals surface area contributed by atoms with Crippen molar-refractivity contribution in [2.75, 3.05) is 7.11 Å². The average molecular weight is 257 g/mol. The quantitative estimate of drug-likeness (QED) is 0.894. The van der Waals surface area contributed by atoms with Crippen LogP contribution in [0.2, 0.25) is 0 Å². The normalized spacial score (nSPS) is 10.2. The second-order valence-electron chi connectivity index (χ2n) is 4.15. The van der Waals surface area contributed by atoms with Gasteiger partial charge in [-0.05, 0) is 42.7 Å². The number of carbonyl (C=O) groups is 1. The van der Waals surface area contributed by atoms with E-state index in [-0.39, 0.29) is 5.56 Å². The number of hydrogen-bond donors (Lipinski definition) is 1. The molecule has 0 radical (unpaired) electrons. The molecule has 0 spiro atoms. The lowest BCUT2D eigenvalue weighted by atomic mass is 10.0. The summed E-state index contributed by atoms with van der Waals surface area (Å²) >= 11 is 0. The number of aromatic carboxylic acids is 1. The molecule has 0 aliphatic rings. The van der Waals surface area contributed by atoms with Gasteiger partial charge < -0.3 is 9.84 Å². The third-order valence-corrected chi connectivity index (χ3v) is 2.93. The fourth-order valence-corrected chi connectivity index (χ4v) is 1.89. The fourth-order valence-electron chi connectivity index (χ4n) is 1.89. The lowest BCUT2D eigenvalue weighted by Crippen LogP contribution is -2.05. The van der Waals surface area contributed by atoms with Crippen molar-refractivity contribution in [1.29, 1.82) is 0 Å². The van der Waals surface area contributed by atoms with Crippen LogP contribution in [0.3, 0.4) is 0 Å². The smallest absolute Gasteiger partial charge is 0.337 e. The van der Waals surface area contributed by atoms with Crippen LogP contribution in [-0.2, 0) is 12.8 Å². The number of rotatable bonds is 5. The van der Waals surface area contributed by atoms with Crippen LogP contribution >= 0.6 is 0 Å². The zero-order chi connectivity index (χ0) is 13.7. The van der Waals surface area contributed by atoms with Gasteiger partial charge in [-0.1, -0.05) is 12.1 Å². The third kappa shape index (κ3) is 3.31. The molecule has 0 bridgehead atoms. The van der Waals surface area contributed by atoms with Crippen molar-refractivity contribution in [3.05, 3.63) is 59.4 Å². The first kappa shape index (κ1) is 13.1. The van der Waals surface area contributed by atoms with E-state index in [0.29, 0.717) is 12.1 Å². The minimum atomic E-state index is -0.933. The molecule has 1 heterocycles. The number of aromatic nitrogens is 1. The lowest BCUT2D eigenvalue weighted by molar-refractivity contribution is 0.0695. The molecular weight excluding hydrogens is 242 g/mol. The molecule has 0 fully saturated rings. The summed E-state index contributed by atoms with van der Waals surface area (Å²) in [5.41, 5.74) is 2.02. The van der Waals surface area contributed by atoms with Gasteiger partial charge in [-0.25, -0.2) is 4.79 Å². The Kier molecular flexibility index (Phi) is 4.13. The number of ether oxygens (including phenoxy) is 1. The van der Waals surface area contributed by atoms with E-state index in [1.807, 2.05) is 24.3 Å². The number of benzene rings is 1. The van der Waals surface area contributed by atoms with Crippen LogP contribution < -0.4 is 4.74 Å². The van der Waals surface area contributed by atoms with Gasteiger partial charge in [-0.3, -0.25) is 4.98 Å². The van der Waals surface area contributed by atoms with Gasteiger partial charge in [0.2, 0.25) is 0 Å². The zero-order valence-electron chi connectivity index (χ0n) is 10.7. The van der Waals surface area contributed by atoms with Crippen LogP contribution in [0, 0.1) is 0 Å². The standard InChI is InChI=1S/C15H15NO3/c1-19-12-7-4-11(5-8-12)6-9-14-13(15(17)18)3-2-10-16-14/h2-5,7-8,10H,6,9H2,1H3,(H,17,18). The Balaban J connectivity index is 2.07. The topological polar surface area (TPSA) is 59.4 Å². The molecular formula is C15H15NO3. The van der Waals surface area contributed by atoms with Gasteiger partial charge in [0.25, 0.3) is 0 Å². The highest BCUT2D eigenvalue weighted by Crippen LogP contribution is 2.14. The minimum absolute atomic E-state index is 0.274. The first-order valence-corrected chi connectivity index (χ1v) is 6.01. The molecule has 0 saturated carbocycles. The Morgan fingerprint density at radius 1 is 1.21 bits per heavy atom. The second-order valence-corrected chi connectivity index (χ2v) is 4.15. The van der Waals surface area contributed by atoms with Gasteiger partial charge in [0, 0.05) is 6.20 Å². The molecule has 1 N–H and O–H groups in total.